The summed E-state index contributed by atoms with van der Waals surface area (Å²) in [5, 5.41) is 14.4. The zero-order valence-electron chi connectivity index (χ0n) is 56.2. The summed E-state index contributed by atoms with van der Waals surface area (Å²) in [6.45, 7) is 0. The number of para-hydroxylation sites is 2. The van der Waals surface area contributed by atoms with Crippen molar-refractivity contribution in [2.75, 3.05) is 0 Å². The van der Waals surface area contributed by atoms with Gasteiger partial charge in [0.2, 0.25) is 0 Å². The molecule has 3 nitrogen and oxygen atoms in total. The third-order valence-electron chi connectivity index (χ3n) is 21.1. The van der Waals surface area contributed by atoms with Gasteiger partial charge in [0.1, 0.15) is 0 Å². The maximum Gasteiger partial charge on any atom is 0.160 e. The average Bonchev–Trinajstić information content (AvgIpc) is 0.730. The minimum Gasteiger partial charge on any atom is -0.309 e. The molecule has 0 N–H and O–H groups in total. The fourth-order valence-corrected chi connectivity index (χ4v) is 16.9. The lowest BCUT2D eigenvalue weighted by Gasteiger charge is -2.29. The summed E-state index contributed by atoms with van der Waals surface area (Å²) in [6, 6.07) is 141. The second-order valence-electron chi connectivity index (χ2n) is 26.8. The molecule has 0 aliphatic rings. The SMILES string of the molecule is c1ccc(-c2cc(-c3ccccc3)nc(-c3cccc(-c4c(-c5ccccc5)c(-c5ccccc5)c(-c5cccc(-n6c7ccccc7c7ccccc76)c5)c5c6cccc7c8c(-c9ccccc9)c(-c9ccccc9)c(-c9ccccc9)c(-c9ccccc9)c8c8cccc(c45)c8c76)c3)n2)cc1. The Hall–Kier alpha value is -13.6. The minimum atomic E-state index is 0.648. The van der Waals surface area contributed by atoms with Crippen LogP contribution in [0.4, 0.5) is 0 Å². The van der Waals surface area contributed by atoms with E-state index in [-0.39, 0.29) is 0 Å². The molecule has 0 saturated carbocycles. The molecule has 0 radical (unpaired) electrons. The van der Waals surface area contributed by atoms with E-state index in [4.69, 9.17) is 9.97 Å². The first-order chi connectivity index (χ1) is 51.2. The van der Waals surface area contributed by atoms with E-state index < -0.39 is 0 Å². The van der Waals surface area contributed by atoms with E-state index in [0.717, 1.165) is 122 Å². The molecule has 0 unspecified atom stereocenters. The molecule has 20 aromatic rings. The third-order valence-corrected chi connectivity index (χ3v) is 21.1. The van der Waals surface area contributed by atoms with Gasteiger partial charge >= 0.3 is 0 Å². The number of rotatable bonds is 12. The Morgan fingerprint density at radius 2 is 0.417 bits per heavy atom. The Morgan fingerprint density at radius 1 is 0.165 bits per heavy atom. The van der Waals surface area contributed by atoms with Gasteiger partial charge in [-0.15, -0.1) is 0 Å². The monoisotopic (exact) mass is 1310 g/mol. The highest BCUT2D eigenvalue weighted by atomic mass is 15.0. The second-order valence-corrected chi connectivity index (χ2v) is 26.8. The van der Waals surface area contributed by atoms with Crippen molar-refractivity contribution in [2.45, 2.75) is 0 Å². The van der Waals surface area contributed by atoms with E-state index in [2.05, 4.69) is 387 Å². The largest absolute Gasteiger partial charge is 0.309 e. The summed E-state index contributed by atoms with van der Waals surface area (Å²) >= 11 is 0. The van der Waals surface area contributed by atoms with Gasteiger partial charge in [0, 0.05) is 33.2 Å². The molecule has 0 aliphatic carbocycles. The van der Waals surface area contributed by atoms with E-state index >= 15 is 0 Å². The number of hydrogen-bond acceptors (Lipinski definition) is 2. The summed E-state index contributed by atoms with van der Waals surface area (Å²) in [7, 11) is 0. The molecule has 0 saturated heterocycles. The number of hydrogen-bond donors (Lipinski definition) is 0. The highest BCUT2D eigenvalue weighted by molar-refractivity contribution is 6.46. The van der Waals surface area contributed by atoms with Crippen LogP contribution in [-0.2, 0) is 0 Å². The molecule has 2 heterocycles. The Balaban J connectivity index is 1.02. The van der Waals surface area contributed by atoms with Crippen LogP contribution in [-0.4, -0.2) is 14.5 Å². The fourth-order valence-electron chi connectivity index (χ4n) is 16.9. The quantitative estimate of drug-likeness (QED) is 0.0902. The van der Waals surface area contributed by atoms with Crippen LogP contribution in [0.3, 0.4) is 0 Å². The molecule has 0 amide bonds. The van der Waals surface area contributed by atoms with Gasteiger partial charge in [-0.05, 0) is 179 Å². The summed E-state index contributed by atoms with van der Waals surface area (Å²) in [4.78, 5) is 11.0. The van der Waals surface area contributed by atoms with Gasteiger partial charge in [-0.1, -0.05) is 346 Å². The highest BCUT2D eigenvalue weighted by Gasteiger charge is 2.33. The maximum atomic E-state index is 5.51. The van der Waals surface area contributed by atoms with Gasteiger partial charge in [0.15, 0.2) is 5.82 Å². The van der Waals surface area contributed by atoms with Crippen molar-refractivity contribution in [1.29, 1.82) is 0 Å². The van der Waals surface area contributed by atoms with E-state index in [1.165, 1.54) is 76.1 Å². The number of aromatic nitrogens is 3. The standard InChI is InChI=1S/C100H63N3/c1-9-33-64(34-10-1)82-63-83(65-35-11-2-12-36-65)102-100(101-82)74-51-29-49-72(61-74)92-88(68-41-17-5-18-42-68)89(69-43-19-6-20-44-69)93(73-50-30-52-75(62-73)103-84-59-27-25-53-76(84)77-54-26-28-60-85(77)103)99-81-58-32-56-79-95(81)94-78(55-31-57-80(94)98(92)99)96-90(70-45-21-7-22-46-70)86(66-37-13-3-14-38-66)87(67-39-15-4-16-40-67)91(97(79)96)71-47-23-8-24-48-71/h1-63H. The fraction of sp³-hybridized carbons (Fsp3) is 0. The zero-order valence-corrected chi connectivity index (χ0v) is 56.2. The molecular weight excluding hydrogens is 1240 g/mol. The Bertz CT molecular complexity index is 6540. The average molecular weight is 1310 g/mol. The Kier molecular flexibility index (Phi) is 14.2. The first kappa shape index (κ1) is 59.5. The maximum absolute atomic E-state index is 5.51. The second kappa shape index (κ2) is 24.7. The smallest absolute Gasteiger partial charge is 0.160 e. The highest BCUT2D eigenvalue weighted by Crippen LogP contribution is 2.60. The van der Waals surface area contributed by atoms with Crippen molar-refractivity contribution < 1.29 is 0 Å². The summed E-state index contributed by atoms with van der Waals surface area (Å²) in [6.07, 6.45) is 0. The predicted molar refractivity (Wildman–Crippen MR) is 435 cm³/mol. The van der Waals surface area contributed by atoms with Crippen LogP contribution in [0.5, 0.6) is 0 Å². The van der Waals surface area contributed by atoms with Crippen LogP contribution in [0.25, 0.3) is 204 Å². The van der Waals surface area contributed by atoms with Gasteiger partial charge in [-0.2, -0.15) is 0 Å². The number of benzene rings is 18. The summed E-state index contributed by atoms with van der Waals surface area (Å²) < 4.78 is 2.46. The van der Waals surface area contributed by atoms with Crippen LogP contribution in [0.2, 0.25) is 0 Å². The van der Waals surface area contributed by atoms with E-state index in [9.17, 15) is 0 Å². The molecule has 18 aromatic carbocycles. The van der Waals surface area contributed by atoms with Crippen LogP contribution in [0, 0.1) is 0 Å². The van der Waals surface area contributed by atoms with Crippen molar-refractivity contribution >= 4 is 75.7 Å². The zero-order chi connectivity index (χ0) is 67.9. The molecule has 0 atom stereocenters. The third kappa shape index (κ3) is 9.73. The molecular formula is C100H63N3. The van der Waals surface area contributed by atoms with Gasteiger partial charge in [-0.3, -0.25) is 0 Å². The molecule has 478 valence electrons. The van der Waals surface area contributed by atoms with Crippen molar-refractivity contribution in [3.8, 4) is 129 Å². The Labute approximate surface area is 597 Å². The van der Waals surface area contributed by atoms with Crippen LogP contribution < -0.4 is 0 Å². The van der Waals surface area contributed by atoms with Crippen LogP contribution in [0.15, 0.2) is 382 Å². The lowest BCUT2D eigenvalue weighted by molar-refractivity contribution is 1.18. The molecule has 3 heteroatoms. The summed E-state index contributed by atoms with van der Waals surface area (Å²) in [5.74, 6) is 0.648. The van der Waals surface area contributed by atoms with Crippen molar-refractivity contribution in [1.82, 2.24) is 14.5 Å². The molecule has 0 spiro atoms. The van der Waals surface area contributed by atoms with E-state index in [1.807, 2.05) is 0 Å². The molecule has 103 heavy (non-hydrogen) atoms. The molecule has 0 bridgehead atoms. The number of nitrogens with zero attached hydrogens (tertiary/aromatic N) is 3. The van der Waals surface area contributed by atoms with E-state index in [0.29, 0.717) is 5.82 Å². The predicted octanol–water partition coefficient (Wildman–Crippen LogP) is 27.1. The Morgan fingerprint density at radius 3 is 0.777 bits per heavy atom. The topological polar surface area (TPSA) is 30.7 Å². The first-order valence-corrected chi connectivity index (χ1v) is 35.5. The first-order valence-electron chi connectivity index (χ1n) is 35.5. The van der Waals surface area contributed by atoms with Crippen molar-refractivity contribution in [3.05, 3.63) is 382 Å². The van der Waals surface area contributed by atoms with Gasteiger partial charge < -0.3 is 4.57 Å². The van der Waals surface area contributed by atoms with Gasteiger partial charge in [0.25, 0.3) is 0 Å². The van der Waals surface area contributed by atoms with E-state index in [1.54, 1.807) is 0 Å². The molecule has 0 aliphatic heterocycles. The number of fused-ring (bicyclic) bond motifs is 9. The molecule has 0 fully saturated rings. The lowest BCUT2D eigenvalue weighted by Crippen LogP contribution is -2.02. The van der Waals surface area contributed by atoms with Crippen LogP contribution in [0.1, 0.15) is 0 Å². The molecule has 20 rings (SSSR count). The van der Waals surface area contributed by atoms with Crippen molar-refractivity contribution in [2.24, 2.45) is 0 Å². The van der Waals surface area contributed by atoms with Crippen molar-refractivity contribution in [3.63, 3.8) is 0 Å². The van der Waals surface area contributed by atoms with Crippen LogP contribution >= 0.6 is 0 Å². The normalized spacial score (nSPS) is 11.7. The van der Waals surface area contributed by atoms with Gasteiger partial charge in [-0.25, -0.2) is 9.97 Å². The lowest BCUT2D eigenvalue weighted by atomic mass is 9.73. The molecule has 2 aromatic heterocycles. The van der Waals surface area contributed by atoms with Gasteiger partial charge in [0.05, 0.1) is 22.4 Å². The minimum absolute atomic E-state index is 0.648. The summed E-state index contributed by atoms with van der Waals surface area (Å²) in [5.41, 5.74) is 26.4.